The number of sulfonamides is 2. The molecule has 0 spiro atoms. The summed E-state index contributed by atoms with van der Waals surface area (Å²) in [7, 11) is -4.18. The predicted molar refractivity (Wildman–Crippen MR) is 215 cm³/mol. The molecule has 0 saturated heterocycles. The van der Waals surface area contributed by atoms with Crippen molar-refractivity contribution in [1.82, 2.24) is 0 Å². The number of amides is 2. The lowest BCUT2D eigenvalue weighted by Gasteiger charge is -2.19. The first kappa shape index (κ1) is 40.0. The van der Waals surface area contributed by atoms with Gasteiger partial charge in [-0.25, -0.2) is 26.4 Å². The fourth-order valence-electron chi connectivity index (χ4n) is 4.59. The van der Waals surface area contributed by atoms with Gasteiger partial charge in [-0.2, -0.15) is 4.99 Å². The van der Waals surface area contributed by atoms with E-state index in [1.54, 1.807) is 97.1 Å². The van der Waals surface area contributed by atoms with Crippen LogP contribution in [0.4, 0.5) is 38.9 Å². The quantitative estimate of drug-likeness (QED) is 0.0763. The minimum absolute atomic E-state index is 0.142. The number of nitrogens with zero attached hydrogens (tertiary/aromatic N) is 3. The van der Waals surface area contributed by atoms with Gasteiger partial charge in [-0.3, -0.25) is 8.61 Å². The van der Waals surface area contributed by atoms with Crippen molar-refractivity contribution in [3.8, 4) is 0 Å². The van der Waals surface area contributed by atoms with Crippen LogP contribution in [0, 0.1) is 0 Å². The van der Waals surface area contributed by atoms with Gasteiger partial charge in [0.05, 0.1) is 26.9 Å². The minimum Gasteiger partial charge on any atom is -0.399 e. The number of isocyanates is 1. The first-order valence-corrected chi connectivity index (χ1v) is 19.1. The van der Waals surface area contributed by atoms with Crippen molar-refractivity contribution in [2.75, 3.05) is 39.1 Å². The summed E-state index contributed by atoms with van der Waals surface area (Å²) in [5, 5.41) is 5.37. The van der Waals surface area contributed by atoms with Crippen LogP contribution in [0.5, 0.6) is 0 Å². The highest BCUT2D eigenvalue weighted by molar-refractivity contribution is 7.93. The number of nitrogens with one attached hydrogen (secondary N) is 2. The van der Waals surface area contributed by atoms with E-state index in [2.05, 4.69) is 15.6 Å². The molecule has 0 aliphatic rings. The number of urea groups is 1. The molecule has 14 heteroatoms. The number of hydrogen-bond acceptors (Lipinski definition) is 8. The zero-order valence-corrected chi connectivity index (χ0v) is 31.0. The number of benzene rings is 6. The average molecular weight is 763 g/mol. The molecule has 0 aliphatic carbocycles. The van der Waals surface area contributed by atoms with Gasteiger partial charge in [-0.15, -0.1) is 0 Å². The normalized spacial score (nSPS) is 10.5. The van der Waals surface area contributed by atoms with Crippen LogP contribution < -0.4 is 25.0 Å². The third-order valence-electron chi connectivity index (χ3n) is 7.51. The molecule has 0 fully saturated rings. The summed E-state index contributed by atoms with van der Waals surface area (Å²) in [6.07, 6.45) is 1.46. The highest BCUT2D eigenvalue weighted by atomic mass is 32.2. The van der Waals surface area contributed by atoms with Crippen molar-refractivity contribution in [2.45, 2.75) is 9.79 Å². The Kier molecular flexibility index (Phi) is 14.2. The van der Waals surface area contributed by atoms with Crippen molar-refractivity contribution >= 4 is 66.3 Å². The van der Waals surface area contributed by atoms with Gasteiger partial charge in [-0.1, -0.05) is 72.8 Å². The van der Waals surface area contributed by atoms with E-state index in [4.69, 9.17) is 5.73 Å². The van der Waals surface area contributed by atoms with Gasteiger partial charge in [0.15, 0.2) is 0 Å². The van der Waals surface area contributed by atoms with Gasteiger partial charge < -0.3 is 16.4 Å². The number of aliphatic imine (C=N–C) groups is 1. The summed E-state index contributed by atoms with van der Waals surface area (Å²) in [4.78, 5) is 25.5. The van der Waals surface area contributed by atoms with E-state index >= 15 is 0 Å². The minimum atomic E-state index is -3.68. The Morgan fingerprint density at radius 2 is 0.889 bits per heavy atom. The Labute approximate surface area is 315 Å². The first-order chi connectivity index (χ1) is 25.9. The molecule has 0 aliphatic heterocycles. The maximum Gasteiger partial charge on any atom is 0.323 e. The maximum absolute atomic E-state index is 12.7. The molecule has 0 bridgehead atoms. The van der Waals surface area contributed by atoms with E-state index < -0.39 is 26.1 Å². The molecule has 0 saturated carbocycles. The number of carbonyl (C=O) groups excluding carboxylic acids is 2. The number of para-hydroxylation sites is 4. The lowest BCUT2D eigenvalue weighted by molar-refractivity contribution is 0.262. The zero-order valence-electron chi connectivity index (χ0n) is 29.4. The number of anilines is 5. The number of carbonyl (C=O) groups is 1. The number of nitrogens with two attached hydrogens (primary N) is 1. The van der Waals surface area contributed by atoms with Gasteiger partial charge >= 0.3 is 6.03 Å². The number of rotatable bonds is 9. The second-order valence-corrected chi connectivity index (χ2v) is 15.1. The number of nitrogen functional groups attached to an aromatic ring is 1. The lowest BCUT2D eigenvalue weighted by Crippen LogP contribution is -2.26. The Balaban J connectivity index is 0.000000205. The average Bonchev–Trinajstić information content (AvgIpc) is 3.20. The number of hydrogen-bond donors (Lipinski definition) is 3. The first-order valence-electron chi connectivity index (χ1n) is 16.2. The van der Waals surface area contributed by atoms with Gasteiger partial charge in [0.25, 0.3) is 20.0 Å². The Morgan fingerprint density at radius 3 is 1.30 bits per heavy atom. The predicted octanol–water partition coefficient (Wildman–Crippen LogP) is 7.90. The molecule has 6 rings (SSSR count). The van der Waals surface area contributed by atoms with Crippen molar-refractivity contribution in [3.05, 3.63) is 170 Å². The van der Waals surface area contributed by atoms with Crippen LogP contribution in [-0.2, 0) is 24.8 Å². The summed E-state index contributed by atoms with van der Waals surface area (Å²) in [5.41, 5.74) is 9.08. The molecule has 6 aromatic carbocycles. The summed E-state index contributed by atoms with van der Waals surface area (Å²) in [5.74, 6) is 0. The second-order valence-electron chi connectivity index (χ2n) is 11.2. The van der Waals surface area contributed by atoms with Gasteiger partial charge in [0, 0.05) is 31.2 Å². The molecule has 2 amide bonds. The van der Waals surface area contributed by atoms with Crippen molar-refractivity contribution in [1.29, 1.82) is 0 Å². The molecule has 0 atom stereocenters. The molecular weight excluding hydrogens is 725 g/mol. The Bertz CT molecular complexity index is 2350. The summed E-state index contributed by atoms with van der Waals surface area (Å²) in [6.45, 7) is 0. The third-order valence-corrected chi connectivity index (χ3v) is 11.1. The molecule has 276 valence electrons. The van der Waals surface area contributed by atoms with Crippen LogP contribution in [0.1, 0.15) is 0 Å². The SMILES string of the molecule is CN(c1ccccc1)S(=O)(=O)c1ccc(N)cc1.CN(c1ccccc1)S(=O)(=O)c1ccc(NC(=O)Nc2ccccc2)cc1.O=C=Nc1ccccc1. The van der Waals surface area contributed by atoms with Gasteiger partial charge in [-0.05, 0) is 97.1 Å². The molecule has 6 aromatic rings. The Morgan fingerprint density at radius 1 is 0.537 bits per heavy atom. The van der Waals surface area contributed by atoms with Crippen LogP contribution in [0.15, 0.2) is 185 Å². The monoisotopic (exact) mass is 762 g/mol. The summed E-state index contributed by atoms with van der Waals surface area (Å²) in [6, 6.07) is 47.6. The van der Waals surface area contributed by atoms with Gasteiger partial charge in [0.1, 0.15) is 0 Å². The van der Waals surface area contributed by atoms with Crippen LogP contribution in [-0.4, -0.2) is 43.0 Å². The van der Waals surface area contributed by atoms with E-state index in [0.29, 0.717) is 34.1 Å². The molecule has 0 unspecified atom stereocenters. The molecule has 0 heterocycles. The Hall–Kier alpha value is -6.73. The maximum atomic E-state index is 12.7. The zero-order chi connectivity index (χ0) is 39.0. The largest absolute Gasteiger partial charge is 0.399 e. The van der Waals surface area contributed by atoms with Crippen LogP contribution >= 0.6 is 0 Å². The molecule has 0 aromatic heterocycles. The molecule has 4 N–H and O–H groups in total. The second kappa shape index (κ2) is 19.2. The lowest BCUT2D eigenvalue weighted by atomic mass is 10.3. The third kappa shape index (κ3) is 11.4. The van der Waals surface area contributed by atoms with Gasteiger partial charge in [0.2, 0.25) is 6.08 Å². The fraction of sp³-hybridized carbons (Fsp3) is 0.0500. The van der Waals surface area contributed by atoms with E-state index in [0.717, 1.165) is 0 Å². The summed E-state index contributed by atoms with van der Waals surface area (Å²) >= 11 is 0. The molecule has 54 heavy (non-hydrogen) atoms. The summed E-state index contributed by atoms with van der Waals surface area (Å²) < 4.78 is 52.6. The highest BCUT2D eigenvalue weighted by Gasteiger charge is 2.22. The van der Waals surface area contributed by atoms with Crippen molar-refractivity contribution < 1.29 is 26.4 Å². The van der Waals surface area contributed by atoms with Crippen molar-refractivity contribution in [2.24, 2.45) is 4.99 Å². The molecular formula is C40H38N6O6S2. The van der Waals surface area contributed by atoms with Crippen LogP contribution in [0.2, 0.25) is 0 Å². The van der Waals surface area contributed by atoms with Crippen LogP contribution in [0.25, 0.3) is 0 Å². The van der Waals surface area contributed by atoms with E-state index in [1.165, 1.54) is 53.1 Å². The molecule has 12 nitrogen and oxygen atoms in total. The van der Waals surface area contributed by atoms with Crippen molar-refractivity contribution in [3.63, 3.8) is 0 Å². The molecule has 0 radical (unpaired) electrons. The highest BCUT2D eigenvalue weighted by Crippen LogP contribution is 2.24. The van der Waals surface area contributed by atoms with E-state index in [1.807, 2.05) is 48.5 Å². The standard InChI is InChI=1S/C20H19N3O3S.C13H14N2O2S.C7H5NO/c1-23(18-10-6-3-7-11-18)27(25,26)19-14-12-17(13-15-19)22-20(24)21-16-8-4-2-5-9-16;1-15(12-5-3-2-4-6-12)18(16,17)13-9-7-11(14)8-10-13;9-6-8-7-4-2-1-3-5-7/h2-15H,1H3,(H2,21,22,24);2-10H,14H2,1H3;1-5H. The fourth-order valence-corrected chi connectivity index (χ4v) is 6.98. The smallest absolute Gasteiger partial charge is 0.323 e. The topological polar surface area (TPSA) is 171 Å². The van der Waals surface area contributed by atoms with Crippen LogP contribution in [0.3, 0.4) is 0 Å². The van der Waals surface area contributed by atoms with E-state index in [-0.39, 0.29) is 9.79 Å². The van der Waals surface area contributed by atoms with E-state index in [9.17, 15) is 26.4 Å².